The standard InChI is InChI=1S/C29H36O2S2Si/c1-22-27(20-28(33-22)32-21-23-16-18-24(30-5)19-17-23)31-34(29(2,3)4,25-12-8-6-9-13-25)26-14-10-7-11-15-26/h6-19,22,27-28H,20-21H2,1-5H3/t22-,27+,28?/m1/s1. The molecular weight excluding hydrogens is 473 g/mol. The van der Waals surface area contributed by atoms with E-state index in [0.29, 0.717) is 9.83 Å². The smallest absolute Gasteiger partial charge is 0.261 e. The molecule has 3 atom stereocenters. The van der Waals surface area contributed by atoms with Gasteiger partial charge in [0.2, 0.25) is 0 Å². The molecule has 0 spiro atoms. The third kappa shape index (κ3) is 5.43. The van der Waals surface area contributed by atoms with Crippen molar-refractivity contribution >= 4 is 42.2 Å². The van der Waals surface area contributed by atoms with Gasteiger partial charge in [0.25, 0.3) is 8.32 Å². The molecule has 1 aliphatic rings. The Morgan fingerprint density at radius 1 is 0.882 bits per heavy atom. The number of hydrogen-bond acceptors (Lipinski definition) is 4. The van der Waals surface area contributed by atoms with Gasteiger partial charge in [0.1, 0.15) is 5.75 Å². The summed E-state index contributed by atoms with van der Waals surface area (Å²) in [7, 11) is -0.805. The average molecular weight is 509 g/mol. The van der Waals surface area contributed by atoms with Crippen LogP contribution in [0.2, 0.25) is 5.04 Å². The molecule has 1 heterocycles. The zero-order valence-electron chi connectivity index (χ0n) is 20.9. The lowest BCUT2D eigenvalue weighted by Crippen LogP contribution is -2.68. The van der Waals surface area contributed by atoms with Crippen molar-refractivity contribution in [3.05, 3.63) is 90.5 Å². The first-order chi connectivity index (χ1) is 16.3. The van der Waals surface area contributed by atoms with Crippen LogP contribution in [0.3, 0.4) is 0 Å². The van der Waals surface area contributed by atoms with Crippen molar-refractivity contribution in [1.82, 2.24) is 0 Å². The third-order valence-electron chi connectivity index (χ3n) is 6.65. The molecule has 1 unspecified atom stereocenters. The molecule has 2 nitrogen and oxygen atoms in total. The van der Waals surface area contributed by atoms with Crippen molar-refractivity contribution in [1.29, 1.82) is 0 Å². The highest BCUT2D eigenvalue weighted by atomic mass is 32.2. The summed E-state index contributed by atoms with van der Waals surface area (Å²) >= 11 is 4.12. The summed E-state index contributed by atoms with van der Waals surface area (Å²) in [5, 5.41) is 3.20. The van der Waals surface area contributed by atoms with Crippen molar-refractivity contribution in [3.63, 3.8) is 0 Å². The molecule has 0 bridgehead atoms. The molecule has 180 valence electrons. The molecule has 3 aromatic rings. The molecule has 4 rings (SSSR count). The maximum Gasteiger partial charge on any atom is 0.261 e. The molecule has 0 aliphatic carbocycles. The summed E-state index contributed by atoms with van der Waals surface area (Å²) in [4.78, 5) is 0. The highest BCUT2D eigenvalue weighted by Gasteiger charge is 2.53. The van der Waals surface area contributed by atoms with E-state index in [1.54, 1.807) is 7.11 Å². The van der Waals surface area contributed by atoms with Crippen LogP contribution in [0.1, 0.15) is 39.7 Å². The minimum atomic E-state index is -2.52. The van der Waals surface area contributed by atoms with Crippen molar-refractivity contribution < 1.29 is 9.16 Å². The summed E-state index contributed by atoms with van der Waals surface area (Å²) in [6, 6.07) is 30.4. The Balaban J connectivity index is 1.56. The van der Waals surface area contributed by atoms with Crippen molar-refractivity contribution in [2.24, 2.45) is 0 Å². The monoisotopic (exact) mass is 508 g/mol. The fourth-order valence-corrected chi connectivity index (χ4v) is 12.8. The topological polar surface area (TPSA) is 18.5 Å². The lowest BCUT2D eigenvalue weighted by molar-refractivity contribution is 0.191. The van der Waals surface area contributed by atoms with Crippen molar-refractivity contribution in [2.75, 3.05) is 7.11 Å². The number of ether oxygens (including phenoxy) is 1. The molecular formula is C29H36O2S2Si. The van der Waals surface area contributed by atoms with Crippen LogP contribution in [0.4, 0.5) is 0 Å². The zero-order chi connectivity index (χ0) is 24.2. The second-order valence-electron chi connectivity index (χ2n) is 9.99. The van der Waals surface area contributed by atoms with Gasteiger partial charge in [0, 0.05) is 11.0 Å². The average Bonchev–Trinajstić information content (AvgIpc) is 3.20. The molecule has 0 amide bonds. The second-order valence-corrected chi connectivity index (χ2v) is 17.3. The summed E-state index contributed by atoms with van der Waals surface area (Å²) in [6.07, 6.45) is 1.32. The van der Waals surface area contributed by atoms with Crippen LogP contribution >= 0.6 is 23.5 Å². The summed E-state index contributed by atoms with van der Waals surface area (Å²) in [5.74, 6) is 1.93. The molecule has 0 saturated carbocycles. The van der Waals surface area contributed by atoms with Crippen molar-refractivity contribution in [2.45, 2.75) is 60.8 Å². The Kier molecular flexibility index (Phi) is 8.18. The van der Waals surface area contributed by atoms with Crippen LogP contribution < -0.4 is 15.1 Å². The van der Waals surface area contributed by atoms with E-state index in [0.717, 1.165) is 17.9 Å². The van der Waals surface area contributed by atoms with Crippen LogP contribution in [0.25, 0.3) is 0 Å². The molecule has 0 N–H and O–H groups in total. The van der Waals surface area contributed by atoms with E-state index in [2.05, 4.69) is 124 Å². The van der Waals surface area contributed by atoms with Crippen LogP contribution in [0, 0.1) is 0 Å². The molecule has 0 aromatic heterocycles. The van der Waals surface area contributed by atoms with Crippen molar-refractivity contribution in [3.8, 4) is 5.75 Å². The first-order valence-corrected chi connectivity index (χ1v) is 15.9. The fourth-order valence-electron chi connectivity index (χ4n) is 4.84. The Labute approximate surface area is 215 Å². The molecule has 34 heavy (non-hydrogen) atoms. The van der Waals surface area contributed by atoms with Crippen LogP contribution in [-0.2, 0) is 10.2 Å². The predicted molar refractivity (Wildman–Crippen MR) is 152 cm³/mol. The molecule has 0 radical (unpaired) electrons. The van der Waals surface area contributed by atoms with Gasteiger partial charge >= 0.3 is 0 Å². The fraction of sp³-hybridized carbons (Fsp3) is 0.379. The first kappa shape index (κ1) is 25.4. The third-order valence-corrected chi connectivity index (χ3v) is 14.8. The van der Waals surface area contributed by atoms with Gasteiger partial charge in [-0.3, -0.25) is 0 Å². The van der Waals surface area contributed by atoms with Crippen LogP contribution in [0.15, 0.2) is 84.9 Å². The minimum absolute atomic E-state index is 0.00835. The summed E-state index contributed by atoms with van der Waals surface area (Å²) in [5.41, 5.74) is 1.34. The van der Waals surface area contributed by atoms with Gasteiger partial charge in [0.15, 0.2) is 0 Å². The molecule has 1 fully saturated rings. The summed E-state index contributed by atoms with van der Waals surface area (Å²) < 4.78 is 13.3. The van der Waals surface area contributed by atoms with Gasteiger partial charge in [-0.05, 0) is 39.5 Å². The van der Waals surface area contributed by atoms with Gasteiger partial charge in [-0.15, -0.1) is 23.5 Å². The van der Waals surface area contributed by atoms with Gasteiger partial charge in [-0.25, -0.2) is 0 Å². The molecule has 5 heteroatoms. The van der Waals surface area contributed by atoms with E-state index in [4.69, 9.17) is 9.16 Å². The first-order valence-electron chi connectivity index (χ1n) is 12.0. The van der Waals surface area contributed by atoms with E-state index in [9.17, 15) is 0 Å². The second kappa shape index (κ2) is 10.9. The highest BCUT2D eigenvalue weighted by Crippen LogP contribution is 2.46. The van der Waals surface area contributed by atoms with E-state index in [1.165, 1.54) is 15.9 Å². The lowest BCUT2D eigenvalue weighted by atomic mass is 10.2. The minimum Gasteiger partial charge on any atom is -0.497 e. The SMILES string of the molecule is COc1ccc(CSC2C[C@H](O[Si](c3ccccc3)(c3ccccc3)C(C)(C)C)[C@@H](C)S2)cc1. The maximum atomic E-state index is 7.45. The number of benzene rings is 3. The number of hydrogen-bond donors (Lipinski definition) is 0. The normalized spacial score (nSPS) is 20.9. The summed E-state index contributed by atoms with van der Waals surface area (Å²) in [6.45, 7) is 9.44. The Bertz CT molecular complexity index is 996. The molecule has 3 aromatic carbocycles. The number of rotatable bonds is 8. The Morgan fingerprint density at radius 3 is 1.94 bits per heavy atom. The zero-order valence-corrected chi connectivity index (χ0v) is 23.5. The highest BCUT2D eigenvalue weighted by molar-refractivity contribution is 8.17. The number of methoxy groups -OCH3 is 1. The maximum absolute atomic E-state index is 7.45. The van der Waals surface area contributed by atoms with Gasteiger partial charge in [-0.2, -0.15) is 0 Å². The Hall–Kier alpha value is -1.66. The van der Waals surface area contributed by atoms with Crippen LogP contribution in [0.5, 0.6) is 5.75 Å². The van der Waals surface area contributed by atoms with Gasteiger partial charge < -0.3 is 9.16 Å². The van der Waals surface area contributed by atoms with E-state index < -0.39 is 8.32 Å². The van der Waals surface area contributed by atoms with E-state index in [-0.39, 0.29) is 11.1 Å². The quantitative estimate of drug-likeness (QED) is 0.314. The van der Waals surface area contributed by atoms with E-state index in [1.807, 2.05) is 11.8 Å². The van der Waals surface area contributed by atoms with Crippen LogP contribution in [-0.4, -0.2) is 31.4 Å². The molecule has 1 aliphatic heterocycles. The van der Waals surface area contributed by atoms with Gasteiger partial charge in [0.05, 0.1) is 17.8 Å². The molecule has 1 saturated heterocycles. The largest absolute Gasteiger partial charge is 0.497 e. The number of thioether (sulfide) groups is 2. The van der Waals surface area contributed by atoms with Gasteiger partial charge in [-0.1, -0.05) is 100 Å². The lowest BCUT2D eigenvalue weighted by Gasteiger charge is -2.45. The van der Waals surface area contributed by atoms with E-state index >= 15 is 0 Å². The predicted octanol–water partition coefficient (Wildman–Crippen LogP) is 6.73. The Morgan fingerprint density at radius 2 is 1.44 bits per heavy atom.